The minimum Gasteiger partial charge on any atom is -0.396 e. The monoisotopic (exact) mass is 182 g/mol. The molecule has 0 bridgehead atoms. The number of unbranched alkanes of at least 4 members (excludes halogenated alkanes) is 1. The second kappa shape index (κ2) is 5.78. The highest BCUT2D eigenvalue weighted by Gasteiger charge is 1.93. The normalized spacial score (nSPS) is 10.6. The number of hydrogen-bond donors (Lipinski definition) is 2. The number of nitrogens with zero attached hydrogens (tertiary/aromatic N) is 1. The molecular formula is C10H18N2O. The molecule has 0 spiro atoms. The highest BCUT2D eigenvalue weighted by molar-refractivity contribution is 5.09. The molecule has 0 aromatic carbocycles. The fraction of sp³-hybridized carbons (Fsp3) is 0.600. The van der Waals surface area contributed by atoms with E-state index in [9.17, 15) is 0 Å². The van der Waals surface area contributed by atoms with E-state index in [0.29, 0.717) is 6.61 Å². The maximum Gasteiger partial charge on any atom is 0.0431 e. The van der Waals surface area contributed by atoms with Crippen molar-refractivity contribution in [3.05, 3.63) is 24.0 Å². The predicted molar refractivity (Wildman–Crippen MR) is 53.4 cm³/mol. The highest BCUT2D eigenvalue weighted by Crippen LogP contribution is 1.98. The van der Waals surface area contributed by atoms with Crippen molar-refractivity contribution in [3.63, 3.8) is 0 Å². The molecule has 0 aliphatic carbocycles. The zero-order valence-electron chi connectivity index (χ0n) is 8.16. The first-order valence-electron chi connectivity index (χ1n) is 4.75. The van der Waals surface area contributed by atoms with Gasteiger partial charge in [-0.15, -0.1) is 0 Å². The van der Waals surface area contributed by atoms with Gasteiger partial charge in [0.15, 0.2) is 0 Å². The summed E-state index contributed by atoms with van der Waals surface area (Å²) in [5.74, 6) is 0. The highest BCUT2D eigenvalue weighted by atomic mass is 16.2. The van der Waals surface area contributed by atoms with Gasteiger partial charge >= 0.3 is 0 Å². The number of rotatable bonds is 6. The molecule has 13 heavy (non-hydrogen) atoms. The Morgan fingerprint density at radius 1 is 1.46 bits per heavy atom. The van der Waals surface area contributed by atoms with Crippen LogP contribution in [0.1, 0.15) is 18.4 Å². The summed E-state index contributed by atoms with van der Waals surface area (Å²) in [5, 5.41) is 11.9. The third-order valence-corrected chi connectivity index (χ3v) is 1.98. The summed E-state index contributed by atoms with van der Waals surface area (Å²) in [5.41, 5.74) is 1.31. The second-order valence-corrected chi connectivity index (χ2v) is 3.29. The first-order chi connectivity index (χ1) is 6.33. The Morgan fingerprint density at radius 3 is 2.92 bits per heavy atom. The summed E-state index contributed by atoms with van der Waals surface area (Å²) < 4.78 is 2.05. The van der Waals surface area contributed by atoms with E-state index in [2.05, 4.69) is 17.6 Å². The maximum absolute atomic E-state index is 8.55. The fourth-order valence-corrected chi connectivity index (χ4v) is 1.26. The molecule has 0 unspecified atom stereocenters. The molecule has 1 heterocycles. The van der Waals surface area contributed by atoms with Gasteiger partial charge in [-0.3, -0.25) is 0 Å². The number of aromatic nitrogens is 1. The Hall–Kier alpha value is -0.800. The van der Waals surface area contributed by atoms with Crippen LogP contribution in [0.15, 0.2) is 18.5 Å². The number of aryl methyl sites for hydroxylation is 1. The van der Waals surface area contributed by atoms with Gasteiger partial charge in [0, 0.05) is 32.6 Å². The number of nitrogens with one attached hydrogen (secondary N) is 1. The minimum absolute atomic E-state index is 0.299. The molecule has 0 aliphatic rings. The van der Waals surface area contributed by atoms with Crippen LogP contribution < -0.4 is 5.32 Å². The standard InChI is InChI=1S/C10H18N2O/c1-12-6-4-10(9-12)8-11-5-2-3-7-13/h4,6,9,11,13H,2-3,5,7-8H2,1H3. The molecule has 1 aromatic heterocycles. The zero-order chi connectivity index (χ0) is 9.52. The van der Waals surface area contributed by atoms with E-state index in [1.807, 2.05) is 17.8 Å². The molecule has 1 aromatic rings. The average Bonchev–Trinajstić information content (AvgIpc) is 2.51. The summed E-state index contributed by atoms with van der Waals surface area (Å²) in [6.45, 7) is 2.20. The van der Waals surface area contributed by atoms with Crippen LogP contribution in [0.3, 0.4) is 0 Å². The molecule has 0 fully saturated rings. The molecule has 2 N–H and O–H groups in total. The van der Waals surface area contributed by atoms with Crippen molar-refractivity contribution in [3.8, 4) is 0 Å². The van der Waals surface area contributed by atoms with Crippen LogP contribution >= 0.6 is 0 Å². The average molecular weight is 182 g/mol. The summed E-state index contributed by atoms with van der Waals surface area (Å²) >= 11 is 0. The van der Waals surface area contributed by atoms with Crippen LogP contribution in [0, 0.1) is 0 Å². The summed E-state index contributed by atoms with van der Waals surface area (Å²) in [4.78, 5) is 0. The molecule has 0 saturated heterocycles. The van der Waals surface area contributed by atoms with E-state index in [0.717, 1.165) is 25.9 Å². The van der Waals surface area contributed by atoms with Gasteiger partial charge in [0.05, 0.1) is 0 Å². The van der Waals surface area contributed by atoms with E-state index in [1.54, 1.807) is 0 Å². The second-order valence-electron chi connectivity index (χ2n) is 3.29. The quantitative estimate of drug-likeness (QED) is 0.641. The first kappa shape index (κ1) is 10.3. The van der Waals surface area contributed by atoms with Crippen molar-refractivity contribution >= 4 is 0 Å². The van der Waals surface area contributed by atoms with Crippen molar-refractivity contribution in [2.75, 3.05) is 13.2 Å². The van der Waals surface area contributed by atoms with Gasteiger partial charge in [-0.2, -0.15) is 0 Å². The van der Waals surface area contributed by atoms with Gasteiger partial charge in [-0.25, -0.2) is 0 Å². The van der Waals surface area contributed by atoms with Crippen molar-refractivity contribution in [2.45, 2.75) is 19.4 Å². The number of aliphatic hydroxyl groups excluding tert-OH is 1. The molecule has 0 amide bonds. The topological polar surface area (TPSA) is 37.2 Å². The maximum atomic E-state index is 8.55. The van der Waals surface area contributed by atoms with E-state index in [-0.39, 0.29) is 0 Å². The molecule has 74 valence electrons. The molecule has 0 radical (unpaired) electrons. The molecule has 1 rings (SSSR count). The summed E-state index contributed by atoms with van der Waals surface area (Å²) in [6, 6.07) is 2.11. The van der Waals surface area contributed by atoms with Crippen LogP contribution in [-0.2, 0) is 13.6 Å². The third kappa shape index (κ3) is 4.10. The van der Waals surface area contributed by atoms with Gasteiger partial charge in [0.2, 0.25) is 0 Å². The van der Waals surface area contributed by atoms with Gasteiger partial charge in [0.1, 0.15) is 0 Å². The van der Waals surface area contributed by atoms with Crippen molar-refractivity contribution in [2.24, 2.45) is 7.05 Å². The van der Waals surface area contributed by atoms with Crippen molar-refractivity contribution in [1.29, 1.82) is 0 Å². The van der Waals surface area contributed by atoms with Crippen LogP contribution in [0.5, 0.6) is 0 Å². The summed E-state index contributed by atoms with van der Waals surface area (Å²) in [6.07, 6.45) is 6.09. The molecule has 0 aliphatic heterocycles. The van der Waals surface area contributed by atoms with Gasteiger partial charge < -0.3 is 15.0 Å². The lowest BCUT2D eigenvalue weighted by Crippen LogP contribution is -2.14. The Labute approximate surface area is 79.4 Å². The van der Waals surface area contributed by atoms with Crippen molar-refractivity contribution < 1.29 is 5.11 Å². The number of hydrogen-bond acceptors (Lipinski definition) is 2. The molecule has 0 atom stereocenters. The van der Waals surface area contributed by atoms with Crippen LogP contribution in [-0.4, -0.2) is 22.8 Å². The van der Waals surface area contributed by atoms with Gasteiger partial charge in [-0.05, 0) is 31.0 Å². The van der Waals surface area contributed by atoms with E-state index < -0.39 is 0 Å². The van der Waals surface area contributed by atoms with Crippen LogP contribution in [0.25, 0.3) is 0 Å². The summed E-state index contributed by atoms with van der Waals surface area (Å²) in [7, 11) is 2.02. The Bertz CT molecular complexity index is 233. The fourth-order valence-electron chi connectivity index (χ4n) is 1.26. The lowest BCUT2D eigenvalue weighted by molar-refractivity contribution is 0.283. The lowest BCUT2D eigenvalue weighted by atomic mass is 10.3. The van der Waals surface area contributed by atoms with Crippen LogP contribution in [0.4, 0.5) is 0 Å². The largest absolute Gasteiger partial charge is 0.396 e. The molecular weight excluding hydrogens is 164 g/mol. The van der Waals surface area contributed by atoms with Gasteiger partial charge in [0.25, 0.3) is 0 Å². The number of aliphatic hydroxyl groups is 1. The van der Waals surface area contributed by atoms with Gasteiger partial charge in [-0.1, -0.05) is 0 Å². The third-order valence-electron chi connectivity index (χ3n) is 1.98. The zero-order valence-corrected chi connectivity index (χ0v) is 8.16. The van der Waals surface area contributed by atoms with Crippen LogP contribution in [0.2, 0.25) is 0 Å². The Morgan fingerprint density at radius 2 is 2.31 bits per heavy atom. The van der Waals surface area contributed by atoms with E-state index in [4.69, 9.17) is 5.11 Å². The minimum atomic E-state index is 0.299. The smallest absolute Gasteiger partial charge is 0.0431 e. The lowest BCUT2D eigenvalue weighted by Gasteiger charge is -2.01. The molecule has 0 saturated carbocycles. The predicted octanol–water partition coefficient (Wildman–Crippen LogP) is 0.887. The first-order valence-corrected chi connectivity index (χ1v) is 4.75. The molecule has 3 nitrogen and oxygen atoms in total. The Kier molecular flexibility index (Phi) is 4.57. The SMILES string of the molecule is Cn1ccc(CNCCCCO)c1. The molecule has 3 heteroatoms. The van der Waals surface area contributed by atoms with E-state index >= 15 is 0 Å². The van der Waals surface area contributed by atoms with Crippen molar-refractivity contribution in [1.82, 2.24) is 9.88 Å². The Balaban J connectivity index is 2.06. The van der Waals surface area contributed by atoms with E-state index in [1.165, 1.54) is 5.56 Å².